The van der Waals surface area contributed by atoms with Gasteiger partial charge >= 0.3 is 0 Å². The SMILES string of the molecule is NC(N)C1CCCC1. The molecule has 4 N–H and O–H groups in total. The molecule has 0 atom stereocenters. The summed E-state index contributed by atoms with van der Waals surface area (Å²) in [5, 5.41) is 0. The van der Waals surface area contributed by atoms with Crippen LogP contribution in [0, 0.1) is 5.92 Å². The molecule has 1 rings (SSSR count). The molecule has 1 aliphatic rings. The molecule has 48 valence electrons. The van der Waals surface area contributed by atoms with Gasteiger partial charge in [0.15, 0.2) is 0 Å². The van der Waals surface area contributed by atoms with Gasteiger partial charge in [-0.15, -0.1) is 0 Å². The summed E-state index contributed by atoms with van der Waals surface area (Å²) in [5.74, 6) is 0.620. The van der Waals surface area contributed by atoms with E-state index >= 15 is 0 Å². The summed E-state index contributed by atoms with van der Waals surface area (Å²) in [7, 11) is 0. The highest BCUT2D eigenvalue weighted by molar-refractivity contribution is 4.72. The Morgan fingerprint density at radius 1 is 1.12 bits per heavy atom. The highest BCUT2D eigenvalue weighted by Gasteiger charge is 2.18. The van der Waals surface area contributed by atoms with Crippen LogP contribution in [0.25, 0.3) is 0 Å². The van der Waals surface area contributed by atoms with E-state index in [-0.39, 0.29) is 6.17 Å². The lowest BCUT2D eigenvalue weighted by Gasteiger charge is -2.11. The molecule has 0 heterocycles. The highest BCUT2D eigenvalue weighted by atomic mass is 14.9. The van der Waals surface area contributed by atoms with Crippen LogP contribution in [0.1, 0.15) is 25.7 Å². The average Bonchev–Trinajstić information content (AvgIpc) is 2.12. The van der Waals surface area contributed by atoms with Crippen LogP contribution in [0.3, 0.4) is 0 Å². The fourth-order valence-corrected chi connectivity index (χ4v) is 1.34. The molecule has 1 fully saturated rings. The first-order valence-electron chi connectivity index (χ1n) is 3.32. The Labute approximate surface area is 50.2 Å². The Balaban J connectivity index is 2.24. The van der Waals surface area contributed by atoms with Crippen LogP contribution in [0.2, 0.25) is 0 Å². The van der Waals surface area contributed by atoms with E-state index in [0.717, 1.165) is 0 Å². The molecule has 2 heteroatoms. The van der Waals surface area contributed by atoms with Crippen molar-refractivity contribution < 1.29 is 0 Å². The van der Waals surface area contributed by atoms with Gasteiger partial charge in [0.05, 0.1) is 6.17 Å². The van der Waals surface area contributed by atoms with E-state index < -0.39 is 0 Å². The molecule has 0 bridgehead atoms. The van der Waals surface area contributed by atoms with Crippen molar-refractivity contribution in [3.63, 3.8) is 0 Å². The van der Waals surface area contributed by atoms with Crippen molar-refractivity contribution in [3.8, 4) is 0 Å². The number of nitrogens with two attached hydrogens (primary N) is 2. The summed E-state index contributed by atoms with van der Waals surface area (Å²) in [4.78, 5) is 0. The third-order valence-corrected chi connectivity index (χ3v) is 1.94. The van der Waals surface area contributed by atoms with Crippen LogP contribution in [-0.2, 0) is 0 Å². The number of hydrogen-bond donors (Lipinski definition) is 2. The van der Waals surface area contributed by atoms with Gasteiger partial charge in [0.1, 0.15) is 0 Å². The molecule has 0 aromatic heterocycles. The third-order valence-electron chi connectivity index (χ3n) is 1.94. The van der Waals surface area contributed by atoms with Crippen molar-refractivity contribution in [1.82, 2.24) is 0 Å². The first-order valence-corrected chi connectivity index (χ1v) is 3.32. The molecular weight excluding hydrogens is 100 g/mol. The zero-order valence-corrected chi connectivity index (χ0v) is 5.14. The van der Waals surface area contributed by atoms with Crippen molar-refractivity contribution in [1.29, 1.82) is 0 Å². The Bertz CT molecular complexity index is 64.9. The van der Waals surface area contributed by atoms with E-state index in [2.05, 4.69) is 0 Å². The second-order valence-corrected chi connectivity index (χ2v) is 2.62. The maximum Gasteiger partial charge on any atom is 0.0549 e. The van der Waals surface area contributed by atoms with E-state index in [1.807, 2.05) is 0 Å². The van der Waals surface area contributed by atoms with Gasteiger partial charge in [0, 0.05) is 0 Å². The summed E-state index contributed by atoms with van der Waals surface area (Å²) < 4.78 is 0. The van der Waals surface area contributed by atoms with Gasteiger partial charge < -0.3 is 11.5 Å². The highest BCUT2D eigenvalue weighted by Crippen LogP contribution is 2.24. The second-order valence-electron chi connectivity index (χ2n) is 2.62. The van der Waals surface area contributed by atoms with Crippen LogP contribution < -0.4 is 11.5 Å². The Morgan fingerprint density at radius 2 is 1.62 bits per heavy atom. The topological polar surface area (TPSA) is 52.0 Å². The van der Waals surface area contributed by atoms with Gasteiger partial charge in [-0.2, -0.15) is 0 Å². The Kier molecular flexibility index (Phi) is 1.86. The second kappa shape index (κ2) is 2.46. The molecule has 0 aromatic carbocycles. The first-order chi connectivity index (χ1) is 3.80. The van der Waals surface area contributed by atoms with Crippen LogP contribution >= 0.6 is 0 Å². The molecule has 0 spiro atoms. The Hall–Kier alpha value is -0.0800. The van der Waals surface area contributed by atoms with Crippen molar-refractivity contribution in [2.75, 3.05) is 0 Å². The Morgan fingerprint density at radius 3 is 1.88 bits per heavy atom. The lowest BCUT2D eigenvalue weighted by Crippen LogP contribution is -2.37. The zero-order valence-electron chi connectivity index (χ0n) is 5.14. The van der Waals surface area contributed by atoms with Gasteiger partial charge in [-0.25, -0.2) is 0 Å². The molecular formula is C6H14N2. The van der Waals surface area contributed by atoms with Gasteiger partial charge in [-0.1, -0.05) is 12.8 Å². The van der Waals surface area contributed by atoms with Crippen molar-refractivity contribution >= 4 is 0 Å². The van der Waals surface area contributed by atoms with Crippen molar-refractivity contribution in [2.45, 2.75) is 31.8 Å². The van der Waals surface area contributed by atoms with Gasteiger partial charge in [0.2, 0.25) is 0 Å². The van der Waals surface area contributed by atoms with E-state index in [1.54, 1.807) is 0 Å². The molecule has 1 aliphatic carbocycles. The lowest BCUT2D eigenvalue weighted by atomic mass is 10.1. The van der Waals surface area contributed by atoms with E-state index in [1.165, 1.54) is 25.7 Å². The van der Waals surface area contributed by atoms with Gasteiger partial charge in [-0.05, 0) is 18.8 Å². The summed E-state index contributed by atoms with van der Waals surface area (Å²) in [5.41, 5.74) is 11.0. The zero-order chi connectivity index (χ0) is 5.98. The minimum Gasteiger partial charge on any atom is -0.316 e. The fraction of sp³-hybridized carbons (Fsp3) is 1.00. The largest absolute Gasteiger partial charge is 0.316 e. The maximum atomic E-state index is 5.48. The van der Waals surface area contributed by atoms with Crippen LogP contribution in [0.15, 0.2) is 0 Å². The molecule has 0 aliphatic heterocycles. The summed E-state index contributed by atoms with van der Waals surface area (Å²) in [6.45, 7) is 0. The predicted octanol–water partition coefficient (Wildman–Crippen LogP) is 0.420. The minimum atomic E-state index is -0.0579. The van der Waals surface area contributed by atoms with Gasteiger partial charge in [0.25, 0.3) is 0 Å². The minimum absolute atomic E-state index is 0.0579. The lowest BCUT2D eigenvalue weighted by molar-refractivity contribution is 0.442. The molecule has 0 radical (unpaired) electrons. The van der Waals surface area contributed by atoms with E-state index in [0.29, 0.717) is 5.92 Å². The van der Waals surface area contributed by atoms with Crippen molar-refractivity contribution in [2.24, 2.45) is 17.4 Å². The number of rotatable bonds is 1. The molecule has 2 nitrogen and oxygen atoms in total. The normalized spacial score (nSPS) is 22.9. The quantitative estimate of drug-likeness (QED) is 0.485. The van der Waals surface area contributed by atoms with Crippen LogP contribution in [0.4, 0.5) is 0 Å². The van der Waals surface area contributed by atoms with Crippen molar-refractivity contribution in [3.05, 3.63) is 0 Å². The van der Waals surface area contributed by atoms with Gasteiger partial charge in [-0.3, -0.25) is 0 Å². The molecule has 0 unspecified atom stereocenters. The summed E-state index contributed by atoms with van der Waals surface area (Å²) >= 11 is 0. The standard InChI is InChI=1S/C6H14N2/c7-6(8)5-3-1-2-4-5/h5-6H,1-4,7-8H2. The first kappa shape index (κ1) is 6.05. The van der Waals surface area contributed by atoms with Crippen LogP contribution in [0.5, 0.6) is 0 Å². The predicted molar refractivity (Wildman–Crippen MR) is 34.1 cm³/mol. The average molecular weight is 114 g/mol. The molecule has 0 saturated heterocycles. The molecule has 8 heavy (non-hydrogen) atoms. The van der Waals surface area contributed by atoms with E-state index in [9.17, 15) is 0 Å². The third kappa shape index (κ3) is 1.20. The summed E-state index contributed by atoms with van der Waals surface area (Å²) in [6, 6.07) is 0. The fourth-order valence-electron chi connectivity index (χ4n) is 1.34. The number of hydrogen-bond acceptors (Lipinski definition) is 2. The summed E-state index contributed by atoms with van der Waals surface area (Å²) in [6.07, 6.45) is 5.10. The molecule has 0 aromatic rings. The maximum absolute atomic E-state index is 5.48. The van der Waals surface area contributed by atoms with E-state index in [4.69, 9.17) is 11.5 Å². The smallest absolute Gasteiger partial charge is 0.0549 e. The van der Waals surface area contributed by atoms with Crippen LogP contribution in [-0.4, -0.2) is 6.17 Å². The monoisotopic (exact) mass is 114 g/mol. The molecule has 1 saturated carbocycles. The molecule has 0 amide bonds.